The highest BCUT2D eigenvalue weighted by molar-refractivity contribution is 5.84. The van der Waals surface area contributed by atoms with E-state index in [4.69, 9.17) is 5.11 Å². The average Bonchev–Trinajstić information content (AvgIpc) is 2.31. The molecule has 0 aliphatic carbocycles. The van der Waals surface area contributed by atoms with Crippen molar-refractivity contribution in [2.45, 2.75) is 6.92 Å². The predicted molar refractivity (Wildman–Crippen MR) is 59.1 cm³/mol. The summed E-state index contributed by atoms with van der Waals surface area (Å²) < 4.78 is 12.8. The summed E-state index contributed by atoms with van der Waals surface area (Å²) in [7, 11) is 0. The molecule has 1 aromatic heterocycles. The predicted octanol–water partition coefficient (Wildman–Crippen LogP) is 2.29. The van der Waals surface area contributed by atoms with Crippen LogP contribution in [0.2, 0.25) is 0 Å². The maximum atomic E-state index is 12.8. The fourth-order valence-electron chi connectivity index (χ4n) is 1.45. The lowest BCUT2D eigenvalue weighted by molar-refractivity contribution is 0.0683. The van der Waals surface area contributed by atoms with Gasteiger partial charge in [-0.2, -0.15) is 0 Å². The lowest BCUT2D eigenvalue weighted by Crippen LogP contribution is -2.05. The molecular formula is C12H9FN2O2. The Morgan fingerprint density at radius 3 is 2.53 bits per heavy atom. The molecule has 1 heterocycles. The second kappa shape index (κ2) is 4.29. The van der Waals surface area contributed by atoms with Crippen molar-refractivity contribution in [3.8, 4) is 11.3 Å². The van der Waals surface area contributed by atoms with E-state index in [2.05, 4.69) is 9.97 Å². The van der Waals surface area contributed by atoms with Crippen LogP contribution < -0.4 is 0 Å². The molecule has 0 unspecified atom stereocenters. The van der Waals surface area contributed by atoms with E-state index < -0.39 is 5.97 Å². The molecule has 0 radical (unpaired) electrons. The van der Waals surface area contributed by atoms with Gasteiger partial charge in [-0.1, -0.05) is 0 Å². The van der Waals surface area contributed by atoms with Crippen molar-refractivity contribution in [2.75, 3.05) is 0 Å². The number of benzene rings is 1. The second-order valence-corrected chi connectivity index (χ2v) is 3.54. The molecule has 17 heavy (non-hydrogen) atoms. The van der Waals surface area contributed by atoms with Crippen LogP contribution in [0.5, 0.6) is 0 Å². The lowest BCUT2D eigenvalue weighted by atomic mass is 10.1. The molecule has 0 saturated heterocycles. The van der Waals surface area contributed by atoms with Gasteiger partial charge in [-0.05, 0) is 36.8 Å². The fourth-order valence-corrected chi connectivity index (χ4v) is 1.45. The van der Waals surface area contributed by atoms with Gasteiger partial charge in [0.05, 0.1) is 5.69 Å². The van der Waals surface area contributed by atoms with Gasteiger partial charge in [0.15, 0.2) is 0 Å². The standard InChI is InChI=1S/C12H9FN2O2/c1-7-6-14-11(12(16)17)15-10(7)8-2-4-9(13)5-3-8/h2-6H,1H3,(H,16,17). The minimum absolute atomic E-state index is 0.269. The summed E-state index contributed by atoms with van der Waals surface area (Å²) in [5, 5.41) is 8.81. The SMILES string of the molecule is Cc1cnc(C(=O)O)nc1-c1ccc(F)cc1. The number of rotatable bonds is 2. The maximum absolute atomic E-state index is 12.8. The number of nitrogens with zero attached hydrogens (tertiary/aromatic N) is 2. The Hall–Kier alpha value is -2.30. The second-order valence-electron chi connectivity index (χ2n) is 3.54. The van der Waals surface area contributed by atoms with Crippen molar-refractivity contribution in [1.29, 1.82) is 0 Å². The molecule has 1 N–H and O–H groups in total. The molecule has 1 aromatic carbocycles. The van der Waals surface area contributed by atoms with Gasteiger partial charge < -0.3 is 5.11 Å². The minimum Gasteiger partial charge on any atom is -0.475 e. The third-order valence-corrected chi connectivity index (χ3v) is 2.28. The van der Waals surface area contributed by atoms with Crippen LogP contribution in [0.4, 0.5) is 4.39 Å². The quantitative estimate of drug-likeness (QED) is 0.862. The number of aromatic nitrogens is 2. The van der Waals surface area contributed by atoms with E-state index in [1.165, 1.54) is 18.3 Å². The highest BCUT2D eigenvalue weighted by Crippen LogP contribution is 2.20. The van der Waals surface area contributed by atoms with E-state index in [0.717, 1.165) is 5.56 Å². The molecule has 5 heteroatoms. The van der Waals surface area contributed by atoms with Crippen molar-refractivity contribution >= 4 is 5.97 Å². The lowest BCUT2D eigenvalue weighted by Gasteiger charge is -2.05. The summed E-state index contributed by atoms with van der Waals surface area (Å²) in [6.45, 7) is 1.77. The first-order valence-corrected chi connectivity index (χ1v) is 4.91. The summed E-state index contributed by atoms with van der Waals surface area (Å²) in [5.74, 6) is -1.80. The largest absolute Gasteiger partial charge is 0.475 e. The van der Waals surface area contributed by atoms with E-state index in [9.17, 15) is 9.18 Å². The number of halogens is 1. The van der Waals surface area contributed by atoms with Gasteiger partial charge >= 0.3 is 5.97 Å². The average molecular weight is 232 g/mol. The van der Waals surface area contributed by atoms with Crippen LogP contribution in [0.25, 0.3) is 11.3 Å². The number of aromatic carboxylic acids is 1. The van der Waals surface area contributed by atoms with Crippen LogP contribution in [0.1, 0.15) is 16.2 Å². The molecular weight excluding hydrogens is 223 g/mol. The van der Waals surface area contributed by atoms with Crippen molar-refractivity contribution < 1.29 is 14.3 Å². The van der Waals surface area contributed by atoms with E-state index >= 15 is 0 Å². The van der Waals surface area contributed by atoms with Crippen molar-refractivity contribution in [1.82, 2.24) is 9.97 Å². The zero-order chi connectivity index (χ0) is 12.4. The molecule has 0 aliphatic heterocycles. The molecule has 0 aliphatic rings. The molecule has 86 valence electrons. The van der Waals surface area contributed by atoms with Crippen LogP contribution in [-0.2, 0) is 0 Å². The van der Waals surface area contributed by atoms with E-state index in [0.29, 0.717) is 11.3 Å². The first-order chi connectivity index (χ1) is 8.08. The summed E-state index contributed by atoms with van der Waals surface area (Å²) in [4.78, 5) is 18.4. The Morgan fingerprint density at radius 1 is 1.29 bits per heavy atom. The molecule has 0 bridgehead atoms. The Labute approximate surface area is 96.8 Å². The van der Waals surface area contributed by atoms with Gasteiger partial charge in [-0.15, -0.1) is 0 Å². The smallest absolute Gasteiger partial charge is 0.373 e. The van der Waals surface area contributed by atoms with Gasteiger partial charge in [0.25, 0.3) is 0 Å². The first-order valence-electron chi connectivity index (χ1n) is 4.91. The zero-order valence-corrected chi connectivity index (χ0v) is 9.01. The molecule has 2 aromatic rings. The summed E-state index contributed by atoms with van der Waals surface area (Å²) >= 11 is 0. The van der Waals surface area contributed by atoms with Crippen LogP contribution in [0.3, 0.4) is 0 Å². The Balaban J connectivity index is 2.54. The van der Waals surface area contributed by atoms with Crippen molar-refractivity contribution in [3.05, 3.63) is 47.7 Å². The number of hydrogen-bond acceptors (Lipinski definition) is 3. The van der Waals surface area contributed by atoms with Crippen LogP contribution in [0, 0.1) is 12.7 Å². The van der Waals surface area contributed by atoms with Gasteiger partial charge in [-0.3, -0.25) is 0 Å². The molecule has 2 rings (SSSR count). The number of carboxylic acids is 1. The summed E-state index contributed by atoms with van der Waals surface area (Å²) in [6, 6.07) is 5.71. The minimum atomic E-state index is -1.19. The molecule has 0 fully saturated rings. The fraction of sp³-hybridized carbons (Fsp3) is 0.0833. The molecule has 4 nitrogen and oxygen atoms in total. The highest BCUT2D eigenvalue weighted by Gasteiger charge is 2.11. The Bertz CT molecular complexity index is 567. The van der Waals surface area contributed by atoms with Crippen LogP contribution in [-0.4, -0.2) is 21.0 Å². The van der Waals surface area contributed by atoms with Gasteiger partial charge in [0.1, 0.15) is 5.82 Å². The summed E-state index contributed by atoms with van der Waals surface area (Å²) in [6.07, 6.45) is 1.44. The monoisotopic (exact) mass is 232 g/mol. The third kappa shape index (κ3) is 2.28. The van der Waals surface area contributed by atoms with Gasteiger partial charge in [-0.25, -0.2) is 19.2 Å². The van der Waals surface area contributed by atoms with E-state index in [-0.39, 0.29) is 11.6 Å². The number of aryl methyl sites for hydroxylation is 1. The van der Waals surface area contributed by atoms with Gasteiger partial charge in [0.2, 0.25) is 5.82 Å². The zero-order valence-electron chi connectivity index (χ0n) is 9.01. The molecule has 0 atom stereocenters. The molecule has 0 saturated carbocycles. The van der Waals surface area contributed by atoms with Crippen LogP contribution >= 0.6 is 0 Å². The van der Waals surface area contributed by atoms with E-state index in [1.54, 1.807) is 19.1 Å². The van der Waals surface area contributed by atoms with Crippen molar-refractivity contribution in [2.24, 2.45) is 0 Å². The van der Waals surface area contributed by atoms with Crippen molar-refractivity contribution in [3.63, 3.8) is 0 Å². The van der Waals surface area contributed by atoms with E-state index in [1.807, 2.05) is 0 Å². The number of hydrogen-bond donors (Lipinski definition) is 1. The third-order valence-electron chi connectivity index (χ3n) is 2.28. The highest BCUT2D eigenvalue weighted by atomic mass is 19.1. The van der Waals surface area contributed by atoms with Gasteiger partial charge in [0, 0.05) is 11.8 Å². The normalized spacial score (nSPS) is 10.2. The molecule has 0 spiro atoms. The topological polar surface area (TPSA) is 63.1 Å². The first kappa shape index (κ1) is 11.2. The Kier molecular flexibility index (Phi) is 2.82. The maximum Gasteiger partial charge on any atom is 0.373 e. The van der Waals surface area contributed by atoms with Crippen LogP contribution in [0.15, 0.2) is 30.5 Å². The number of carbonyl (C=O) groups is 1. The number of carboxylic acid groups (broad SMARTS) is 1. The Morgan fingerprint density at radius 2 is 1.94 bits per heavy atom. The summed E-state index contributed by atoms with van der Waals surface area (Å²) in [5.41, 5.74) is 1.90. The molecule has 0 amide bonds.